The van der Waals surface area contributed by atoms with Crippen molar-refractivity contribution in [2.45, 2.75) is 25.6 Å². The summed E-state index contributed by atoms with van der Waals surface area (Å²) in [5.41, 5.74) is 2.51. The second kappa shape index (κ2) is 13.0. The van der Waals surface area contributed by atoms with E-state index in [0.717, 1.165) is 11.1 Å². The first-order valence-corrected chi connectivity index (χ1v) is 12.0. The van der Waals surface area contributed by atoms with Crippen molar-refractivity contribution >= 4 is 11.8 Å². The molecule has 0 radical (unpaired) electrons. The lowest BCUT2D eigenvalue weighted by Crippen LogP contribution is -2.51. The third-order valence-corrected chi connectivity index (χ3v) is 5.86. The van der Waals surface area contributed by atoms with Crippen LogP contribution in [0.25, 0.3) is 0 Å². The Morgan fingerprint density at radius 1 is 0.811 bits per heavy atom. The van der Waals surface area contributed by atoms with Crippen LogP contribution in [0.2, 0.25) is 0 Å². The van der Waals surface area contributed by atoms with Crippen LogP contribution in [-0.2, 0) is 29.1 Å². The van der Waals surface area contributed by atoms with E-state index in [9.17, 15) is 14.0 Å². The van der Waals surface area contributed by atoms with E-state index in [1.165, 1.54) is 17.0 Å². The van der Waals surface area contributed by atoms with E-state index in [4.69, 9.17) is 4.74 Å². The predicted octanol–water partition coefficient (Wildman–Crippen LogP) is 4.56. The van der Waals surface area contributed by atoms with Crippen LogP contribution in [0.4, 0.5) is 4.39 Å². The van der Waals surface area contributed by atoms with E-state index >= 15 is 0 Å². The van der Waals surface area contributed by atoms with E-state index in [0.29, 0.717) is 24.3 Å². The number of nitrogens with one attached hydrogen (secondary N) is 1. The number of aromatic nitrogens is 1. The van der Waals surface area contributed by atoms with Gasteiger partial charge in [-0.05, 0) is 53.1 Å². The van der Waals surface area contributed by atoms with Gasteiger partial charge in [0.05, 0.1) is 0 Å². The molecular formula is C30H28FN3O3. The third-order valence-electron chi connectivity index (χ3n) is 5.86. The number of carbonyl (C=O) groups excluding carboxylic acids is 2. The summed E-state index contributed by atoms with van der Waals surface area (Å²) in [6.07, 6.45) is 3.63. The highest BCUT2D eigenvalue weighted by Gasteiger charge is 2.30. The fraction of sp³-hybridized carbons (Fsp3) is 0.167. The van der Waals surface area contributed by atoms with Crippen molar-refractivity contribution in [3.05, 3.63) is 132 Å². The van der Waals surface area contributed by atoms with Crippen LogP contribution < -0.4 is 10.1 Å². The number of halogens is 1. The van der Waals surface area contributed by atoms with Gasteiger partial charge >= 0.3 is 0 Å². The summed E-state index contributed by atoms with van der Waals surface area (Å²) < 4.78 is 19.3. The summed E-state index contributed by atoms with van der Waals surface area (Å²) >= 11 is 0. The van der Waals surface area contributed by atoms with Crippen molar-refractivity contribution in [3.63, 3.8) is 0 Å². The van der Waals surface area contributed by atoms with Crippen molar-refractivity contribution in [1.82, 2.24) is 15.2 Å². The van der Waals surface area contributed by atoms with E-state index in [1.54, 1.807) is 36.7 Å². The van der Waals surface area contributed by atoms with Crippen LogP contribution in [0, 0.1) is 5.82 Å². The number of para-hydroxylation sites is 1. The maximum atomic E-state index is 13.6. The van der Waals surface area contributed by atoms with Gasteiger partial charge in [-0.2, -0.15) is 0 Å². The molecule has 6 nitrogen and oxygen atoms in total. The smallest absolute Gasteiger partial charge is 0.261 e. The van der Waals surface area contributed by atoms with Crippen molar-refractivity contribution < 1.29 is 18.7 Å². The number of nitrogens with zero attached hydrogens (tertiary/aromatic N) is 2. The average Bonchev–Trinajstić information content (AvgIpc) is 2.95. The molecule has 0 saturated heterocycles. The number of hydrogen-bond acceptors (Lipinski definition) is 4. The topological polar surface area (TPSA) is 71.5 Å². The van der Waals surface area contributed by atoms with Gasteiger partial charge < -0.3 is 15.0 Å². The van der Waals surface area contributed by atoms with Gasteiger partial charge in [-0.15, -0.1) is 0 Å². The van der Waals surface area contributed by atoms with Gasteiger partial charge in [-0.25, -0.2) is 4.39 Å². The Morgan fingerprint density at radius 3 is 2.14 bits per heavy atom. The second-order valence-corrected chi connectivity index (χ2v) is 8.53. The Hall–Kier alpha value is -4.52. The van der Waals surface area contributed by atoms with Gasteiger partial charge in [0.1, 0.15) is 17.6 Å². The zero-order valence-corrected chi connectivity index (χ0v) is 20.3. The highest BCUT2D eigenvalue weighted by Crippen LogP contribution is 2.17. The molecule has 0 aliphatic heterocycles. The molecule has 1 aromatic heterocycles. The molecule has 0 aliphatic carbocycles. The fourth-order valence-corrected chi connectivity index (χ4v) is 3.89. The number of amides is 2. The molecule has 37 heavy (non-hydrogen) atoms. The maximum absolute atomic E-state index is 13.6. The van der Waals surface area contributed by atoms with Gasteiger partial charge in [-0.3, -0.25) is 14.6 Å². The molecule has 2 amide bonds. The van der Waals surface area contributed by atoms with Crippen molar-refractivity contribution in [3.8, 4) is 5.75 Å². The third kappa shape index (κ3) is 7.73. The number of benzene rings is 3. The van der Waals surface area contributed by atoms with E-state index in [1.807, 2.05) is 60.7 Å². The minimum absolute atomic E-state index is 0.122. The van der Waals surface area contributed by atoms with E-state index < -0.39 is 6.04 Å². The van der Waals surface area contributed by atoms with Crippen LogP contribution in [0.3, 0.4) is 0 Å². The summed E-state index contributed by atoms with van der Waals surface area (Å²) in [6, 6.07) is 27.3. The van der Waals surface area contributed by atoms with Gasteiger partial charge in [0.15, 0.2) is 6.61 Å². The van der Waals surface area contributed by atoms with E-state index in [2.05, 4.69) is 10.3 Å². The highest BCUT2D eigenvalue weighted by molar-refractivity contribution is 5.88. The molecule has 7 heteroatoms. The highest BCUT2D eigenvalue weighted by atomic mass is 19.1. The molecule has 3 aromatic carbocycles. The molecular weight excluding hydrogens is 469 g/mol. The largest absolute Gasteiger partial charge is 0.484 e. The molecule has 4 aromatic rings. The summed E-state index contributed by atoms with van der Waals surface area (Å²) in [5, 5.41) is 2.96. The Morgan fingerprint density at radius 2 is 1.46 bits per heavy atom. The second-order valence-electron chi connectivity index (χ2n) is 8.53. The monoisotopic (exact) mass is 497 g/mol. The fourth-order valence-electron chi connectivity index (χ4n) is 3.89. The SMILES string of the molecule is O=C(NCc1ccncc1)C(Cc1ccccc1)N(Cc1ccc(F)cc1)C(=O)COc1ccccc1. The minimum atomic E-state index is -0.818. The van der Waals surface area contributed by atoms with Crippen LogP contribution in [0.5, 0.6) is 5.75 Å². The minimum Gasteiger partial charge on any atom is -0.484 e. The number of carbonyl (C=O) groups is 2. The molecule has 0 aliphatic rings. The molecule has 1 N–H and O–H groups in total. The van der Waals surface area contributed by atoms with Crippen molar-refractivity contribution in [1.29, 1.82) is 0 Å². The van der Waals surface area contributed by atoms with Crippen molar-refractivity contribution in [2.75, 3.05) is 6.61 Å². The zero-order valence-electron chi connectivity index (χ0n) is 20.3. The standard InChI is InChI=1S/C30H28FN3O3/c31-26-13-11-25(12-14-26)21-34(29(35)22-37-27-9-5-2-6-10-27)28(19-23-7-3-1-4-8-23)30(36)33-20-24-15-17-32-18-16-24/h1-18,28H,19-22H2,(H,33,36). The van der Waals surface area contributed by atoms with Gasteiger partial charge in [-0.1, -0.05) is 60.7 Å². The first-order chi connectivity index (χ1) is 18.1. The number of rotatable bonds is 11. The van der Waals surface area contributed by atoms with Crippen molar-refractivity contribution in [2.24, 2.45) is 0 Å². The molecule has 1 atom stereocenters. The molecule has 188 valence electrons. The molecule has 1 unspecified atom stereocenters. The summed E-state index contributed by atoms with van der Waals surface area (Å²) in [7, 11) is 0. The van der Waals surface area contributed by atoms with Gasteiger partial charge in [0.25, 0.3) is 5.91 Å². The van der Waals surface area contributed by atoms with Crippen LogP contribution in [0.1, 0.15) is 16.7 Å². The Kier molecular flexibility index (Phi) is 8.97. The molecule has 1 heterocycles. The van der Waals surface area contributed by atoms with Crippen LogP contribution >= 0.6 is 0 Å². The molecule has 0 bridgehead atoms. The molecule has 4 rings (SSSR count). The summed E-state index contributed by atoms with van der Waals surface area (Å²) in [6.45, 7) is 0.178. The lowest BCUT2D eigenvalue weighted by molar-refractivity contribution is -0.142. The Labute approximate surface area is 215 Å². The first-order valence-electron chi connectivity index (χ1n) is 12.0. The van der Waals surface area contributed by atoms with Crippen LogP contribution in [-0.4, -0.2) is 34.3 Å². The van der Waals surface area contributed by atoms with Gasteiger partial charge in [0.2, 0.25) is 5.91 Å². The number of hydrogen-bond donors (Lipinski definition) is 1. The summed E-state index contributed by atoms with van der Waals surface area (Å²) in [5.74, 6) is -0.465. The normalized spacial score (nSPS) is 11.4. The summed E-state index contributed by atoms with van der Waals surface area (Å²) in [4.78, 5) is 32.6. The predicted molar refractivity (Wildman–Crippen MR) is 139 cm³/mol. The maximum Gasteiger partial charge on any atom is 0.261 e. The Balaban J connectivity index is 1.60. The zero-order chi connectivity index (χ0) is 25.9. The van der Waals surface area contributed by atoms with E-state index in [-0.39, 0.29) is 30.8 Å². The number of pyridine rings is 1. The first kappa shape index (κ1) is 25.6. The average molecular weight is 498 g/mol. The van der Waals surface area contributed by atoms with Gasteiger partial charge in [0, 0.05) is 31.9 Å². The molecule has 0 fully saturated rings. The number of ether oxygens (including phenoxy) is 1. The van der Waals surface area contributed by atoms with Crippen LogP contribution in [0.15, 0.2) is 109 Å². The molecule has 0 spiro atoms. The Bertz CT molecular complexity index is 1270. The lowest BCUT2D eigenvalue weighted by Gasteiger charge is -2.31. The molecule has 0 saturated carbocycles. The quantitative estimate of drug-likeness (QED) is 0.330. The lowest BCUT2D eigenvalue weighted by atomic mass is 10.0.